The summed E-state index contributed by atoms with van der Waals surface area (Å²) in [5.74, 6) is -0.562. The third-order valence-electron chi connectivity index (χ3n) is 6.26. The first kappa shape index (κ1) is 20.8. The topological polar surface area (TPSA) is 79.0 Å². The van der Waals surface area contributed by atoms with Crippen LogP contribution in [0.4, 0.5) is 4.79 Å². The van der Waals surface area contributed by atoms with E-state index in [1.165, 1.54) is 11.3 Å². The molecule has 0 unspecified atom stereocenters. The molecule has 7 nitrogen and oxygen atoms in total. The number of carbonyl (C=O) groups is 3. The largest absolute Gasteiger partial charge is 0.456 e. The van der Waals surface area contributed by atoms with E-state index < -0.39 is 12.0 Å². The highest BCUT2D eigenvalue weighted by atomic mass is 32.2. The second-order valence-corrected chi connectivity index (χ2v) is 8.85. The maximum Gasteiger partial charge on any atom is 0.338 e. The second-order valence-electron chi connectivity index (χ2n) is 7.97. The number of nitrogens with one attached hydrogen (secondary N) is 1. The molecular weight excluding hydrogens is 402 g/mol. The molecule has 1 fully saturated rings. The highest BCUT2D eigenvalue weighted by Crippen LogP contribution is 2.35. The summed E-state index contributed by atoms with van der Waals surface area (Å²) in [6.45, 7) is -0.0756. The van der Waals surface area contributed by atoms with Gasteiger partial charge >= 0.3 is 12.0 Å². The van der Waals surface area contributed by atoms with E-state index >= 15 is 0 Å². The van der Waals surface area contributed by atoms with E-state index in [1.54, 1.807) is 16.7 Å². The number of nitrogens with zero attached hydrogens (tertiary/aromatic N) is 2. The summed E-state index contributed by atoms with van der Waals surface area (Å²) in [5, 5.41) is 2.90. The van der Waals surface area contributed by atoms with Crippen molar-refractivity contribution in [3.8, 4) is 0 Å². The molecule has 4 rings (SSSR count). The SMILES string of the molecule is CSc1ccc([C@@H]2NC(=O)N(CC(=O)N(C)C3CCCCC3)C3=C2C(=O)OC3)cc1. The van der Waals surface area contributed by atoms with Gasteiger partial charge in [0.25, 0.3) is 0 Å². The number of thioether (sulfide) groups is 1. The average Bonchev–Trinajstić information content (AvgIpc) is 3.17. The van der Waals surface area contributed by atoms with Crippen molar-refractivity contribution >= 4 is 29.7 Å². The van der Waals surface area contributed by atoms with Gasteiger partial charge in [-0.05, 0) is 36.8 Å². The van der Waals surface area contributed by atoms with Crippen LogP contribution in [-0.2, 0) is 14.3 Å². The summed E-state index contributed by atoms with van der Waals surface area (Å²) in [4.78, 5) is 42.5. The highest BCUT2D eigenvalue weighted by Gasteiger charge is 2.43. The van der Waals surface area contributed by atoms with Gasteiger partial charge in [0.1, 0.15) is 13.2 Å². The predicted octanol–water partition coefficient (Wildman–Crippen LogP) is 3.08. The van der Waals surface area contributed by atoms with Crippen molar-refractivity contribution in [3.05, 3.63) is 41.1 Å². The van der Waals surface area contributed by atoms with E-state index in [0.717, 1.165) is 36.1 Å². The van der Waals surface area contributed by atoms with Crippen LogP contribution in [0.3, 0.4) is 0 Å². The fourth-order valence-corrected chi connectivity index (χ4v) is 4.85. The number of amides is 3. The van der Waals surface area contributed by atoms with Gasteiger partial charge < -0.3 is 15.0 Å². The predicted molar refractivity (Wildman–Crippen MR) is 114 cm³/mol. The first-order valence-corrected chi connectivity index (χ1v) is 11.6. The minimum Gasteiger partial charge on any atom is -0.456 e. The molecule has 0 spiro atoms. The molecule has 1 aliphatic carbocycles. The third-order valence-corrected chi connectivity index (χ3v) is 7.00. The van der Waals surface area contributed by atoms with Crippen LogP contribution >= 0.6 is 11.8 Å². The Morgan fingerprint density at radius 2 is 1.90 bits per heavy atom. The Balaban J connectivity index is 1.56. The average molecular weight is 430 g/mol. The van der Waals surface area contributed by atoms with Crippen LogP contribution < -0.4 is 5.32 Å². The van der Waals surface area contributed by atoms with Crippen LogP contribution in [0.1, 0.15) is 43.7 Å². The van der Waals surface area contributed by atoms with E-state index in [2.05, 4.69) is 5.32 Å². The van der Waals surface area contributed by atoms with Crippen LogP contribution in [-0.4, -0.2) is 60.2 Å². The molecule has 0 aromatic heterocycles. The maximum atomic E-state index is 12.9. The minimum absolute atomic E-state index is 0.0153. The zero-order chi connectivity index (χ0) is 21.3. The van der Waals surface area contributed by atoms with Crippen LogP contribution in [0.15, 0.2) is 40.4 Å². The van der Waals surface area contributed by atoms with Gasteiger partial charge in [0, 0.05) is 18.0 Å². The van der Waals surface area contributed by atoms with Crippen molar-refractivity contribution in [2.75, 3.05) is 26.5 Å². The quantitative estimate of drug-likeness (QED) is 0.575. The van der Waals surface area contributed by atoms with E-state index in [-0.39, 0.29) is 31.1 Å². The van der Waals surface area contributed by atoms with Gasteiger partial charge in [-0.1, -0.05) is 31.4 Å². The molecule has 1 saturated carbocycles. The first-order valence-electron chi connectivity index (χ1n) is 10.4. The van der Waals surface area contributed by atoms with Crippen molar-refractivity contribution in [3.63, 3.8) is 0 Å². The number of ether oxygens (including phenoxy) is 1. The Labute approximate surface area is 180 Å². The molecule has 160 valence electrons. The highest BCUT2D eigenvalue weighted by molar-refractivity contribution is 7.98. The number of likely N-dealkylation sites (N-methyl/N-ethyl adjacent to an activating group) is 1. The van der Waals surface area contributed by atoms with E-state index in [9.17, 15) is 14.4 Å². The lowest BCUT2D eigenvalue weighted by molar-refractivity contribution is -0.136. The fourth-order valence-electron chi connectivity index (χ4n) is 4.44. The number of benzene rings is 1. The van der Waals surface area contributed by atoms with Gasteiger partial charge in [-0.3, -0.25) is 9.69 Å². The second kappa shape index (κ2) is 8.71. The van der Waals surface area contributed by atoms with Gasteiger partial charge in [-0.2, -0.15) is 0 Å². The molecular formula is C22H27N3O4S. The van der Waals surface area contributed by atoms with Crippen LogP contribution in [0.25, 0.3) is 0 Å². The molecule has 0 bridgehead atoms. The number of hydrogen-bond donors (Lipinski definition) is 1. The van der Waals surface area contributed by atoms with E-state index in [1.807, 2.05) is 37.6 Å². The molecule has 0 radical (unpaired) electrons. The molecule has 1 aromatic carbocycles. The summed E-state index contributed by atoms with van der Waals surface area (Å²) in [6, 6.07) is 7.01. The molecule has 2 aliphatic heterocycles. The monoisotopic (exact) mass is 429 g/mol. The molecule has 1 aromatic rings. The molecule has 1 atom stereocenters. The van der Waals surface area contributed by atoms with Crippen LogP contribution in [0.2, 0.25) is 0 Å². The maximum absolute atomic E-state index is 12.9. The van der Waals surface area contributed by atoms with Gasteiger partial charge in [0.05, 0.1) is 17.3 Å². The number of rotatable bonds is 5. The van der Waals surface area contributed by atoms with Crippen molar-refractivity contribution in [1.82, 2.24) is 15.1 Å². The number of urea groups is 1. The lowest BCUT2D eigenvalue weighted by atomic mass is 9.94. The molecule has 3 amide bonds. The summed E-state index contributed by atoms with van der Waals surface area (Å²) < 4.78 is 5.26. The van der Waals surface area contributed by atoms with Crippen molar-refractivity contribution in [2.24, 2.45) is 0 Å². The fraction of sp³-hybridized carbons (Fsp3) is 0.500. The standard InChI is InChI=1S/C22H27N3O4S/c1-24(15-6-4-3-5-7-15)18(26)12-25-17-13-29-21(27)19(17)20(23-22(25)28)14-8-10-16(30-2)11-9-14/h8-11,15,20H,3-7,12-13H2,1-2H3,(H,23,28)/t20-/m0/s1. The Morgan fingerprint density at radius 1 is 1.20 bits per heavy atom. The Hall–Kier alpha value is -2.48. The summed E-state index contributed by atoms with van der Waals surface area (Å²) in [5.41, 5.74) is 1.73. The van der Waals surface area contributed by atoms with Gasteiger partial charge in [-0.15, -0.1) is 11.8 Å². The molecule has 1 N–H and O–H groups in total. The smallest absolute Gasteiger partial charge is 0.338 e. The van der Waals surface area contributed by atoms with Gasteiger partial charge in [0.2, 0.25) is 5.91 Å². The summed E-state index contributed by atoms with van der Waals surface area (Å²) in [7, 11) is 1.81. The summed E-state index contributed by atoms with van der Waals surface area (Å²) in [6.07, 6.45) is 7.45. The first-order chi connectivity index (χ1) is 14.5. The number of hydrogen-bond acceptors (Lipinski definition) is 5. The molecule has 2 heterocycles. The van der Waals surface area contributed by atoms with Gasteiger partial charge in [0.15, 0.2) is 0 Å². The lowest BCUT2D eigenvalue weighted by Crippen LogP contribution is -2.51. The minimum atomic E-state index is -0.569. The zero-order valence-corrected chi connectivity index (χ0v) is 18.2. The lowest BCUT2D eigenvalue weighted by Gasteiger charge is -2.35. The number of cyclic esters (lactones) is 1. The molecule has 30 heavy (non-hydrogen) atoms. The third kappa shape index (κ3) is 3.93. The van der Waals surface area contributed by atoms with Crippen LogP contribution in [0, 0.1) is 0 Å². The number of carbonyl (C=O) groups excluding carboxylic acids is 3. The zero-order valence-electron chi connectivity index (χ0n) is 17.3. The van der Waals surface area contributed by atoms with E-state index in [4.69, 9.17) is 4.74 Å². The summed E-state index contributed by atoms with van der Waals surface area (Å²) >= 11 is 1.62. The van der Waals surface area contributed by atoms with Crippen LogP contribution in [0.5, 0.6) is 0 Å². The van der Waals surface area contributed by atoms with Gasteiger partial charge in [-0.25, -0.2) is 9.59 Å². The van der Waals surface area contributed by atoms with Crippen molar-refractivity contribution in [1.29, 1.82) is 0 Å². The Kier molecular flexibility index (Phi) is 6.04. The van der Waals surface area contributed by atoms with Crippen molar-refractivity contribution < 1.29 is 19.1 Å². The Morgan fingerprint density at radius 3 is 2.57 bits per heavy atom. The van der Waals surface area contributed by atoms with Crippen molar-refractivity contribution in [2.45, 2.75) is 49.1 Å². The molecule has 8 heteroatoms. The Bertz CT molecular complexity index is 877. The molecule has 0 saturated heterocycles. The number of esters is 1. The molecule has 3 aliphatic rings. The normalized spacial score (nSPS) is 21.9. The van der Waals surface area contributed by atoms with E-state index in [0.29, 0.717) is 11.3 Å².